The first-order chi connectivity index (χ1) is 16.7. The fourth-order valence-electron chi connectivity index (χ4n) is 3.77. The largest absolute Gasteiger partial charge is 0.444 e. The maximum Gasteiger partial charge on any atom is 0.420 e. The molecule has 3 rings (SSSR count). The first-order valence-electron chi connectivity index (χ1n) is 11.2. The molecule has 0 spiro atoms. The van der Waals surface area contributed by atoms with E-state index in [0.29, 0.717) is 24.5 Å². The standard InChI is InChI=1S/C24H26F4N4O4/c1-23(2,3)36-22(35)31-19-17(24(26,27)28)12-16(13-29-19)30-20(33)21(34)32-11-5-4-6-18(32)14-7-9-15(25)10-8-14/h7-10,12-13,18H,4-6,11H2,1-3H3,(H,30,33)(H,29,31,35)/t18-/m0/s1. The number of rotatable bonds is 3. The number of benzene rings is 1. The SMILES string of the molecule is CC(C)(C)OC(=O)Nc1ncc(NC(=O)C(=O)N2CCCC[C@H]2c2ccc(F)cc2)cc1C(F)(F)F. The van der Waals surface area contributed by atoms with Crippen LogP contribution >= 0.6 is 0 Å². The number of hydrogen-bond donors (Lipinski definition) is 2. The van der Waals surface area contributed by atoms with Crippen molar-refractivity contribution in [1.29, 1.82) is 0 Å². The third kappa shape index (κ3) is 6.92. The highest BCUT2D eigenvalue weighted by Gasteiger charge is 2.37. The van der Waals surface area contributed by atoms with Gasteiger partial charge in [0.05, 0.1) is 17.9 Å². The number of halogens is 4. The van der Waals surface area contributed by atoms with Crippen LogP contribution in [-0.2, 0) is 20.5 Å². The van der Waals surface area contributed by atoms with Gasteiger partial charge >= 0.3 is 24.1 Å². The van der Waals surface area contributed by atoms with Gasteiger partial charge in [-0.2, -0.15) is 13.2 Å². The van der Waals surface area contributed by atoms with Gasteiger partial charge in [0.15, 0.2) is 0 Å². The number of nitrogens with one attached hydrogen (secondary N) is 2. The number of ether oxygens (including phenoxy) is 1. The molecule has 1 fully saturated rings. The van der Waals surface area contributed by atoms with Gasteiger partial charge in [0.1, 0.15) is 22.8 Å². The van der Waals surface area contributed by atoms with E-state index in [1.165, 1.54) is 29.2 Å². The van der Waals surface area contributed by atoms with Crippen molar-refractivity contribution in [3.63, 3.8) is 0 Å². The van der Waals surface area contributed by atoms with Crippen LogP contribution in [0.4, 0.5) is 33.9 Å². The van der Waals surface area contributed by atoms with Gasteiger partial charge in [0.25, 0.3) is 0 Å². The van der Waals surface area contributed by atoms with Gasteiger partial charge in [-0.25, -0.2) is 14.2 Å². The Morgan fingerprint density at radius 3 is 2.33 bits per heavy atom. The number of alkyl halides is 3. The van der Waals surface area contributed by atoms with Crippen molar-refractivity contribution in [2.75, 3.05) is 17.2 Å². The number of aromatic nitrogens is 1. The van der Waals surface area contributed by atoms with Crippen LogP contribution in [0.15, 0.2) is 36.5 Å². The van der Waals surface area contributed by atoms with Crippen molar-refractivity contribution in [1.82, 2.24) is 9.88 Å². The number of piperidine rings is 1. The van der Waals surface area contributed by atoms with Gasteiger partial charge in [-0.15, -0.1) is 0 Å². The molecule has 0 bridgehead atoms. The summed E-state index contributed by atoms with van der Waals surface area (Å²) in [4.78, 5) is 42.4. The third-order valence-corrected chi connectivity index (χ3v) is 5.28. The van der Waals surface area contributed by atoms with Crippen molar-refractivity contribution in [2.24, 2.45) is 0 Å². The minimum absolute atomic E-state index is 0.263. The zero-order chi connectivity index (χ0) is 26.7. The first kappa shape index (κ1) is 26.9. The lowest BCUT2D eigenvalue weighted by molar-refractivity contribution is -0.145. The molecule has 2 heterocycles. The second-order valence-electron chi connectivity index (χ2n) is 9.26. The number of carbonyl (C=O) groups is 3. The van der Waals surface area contributed by atoms with Crippen molar-refractivity contribution in [3.05, 3.63) is 53.5 Å². The van der Waals surface area contributed by atoms with E-state index in [0.717, 1.165) is 12.6 Å². The summed E-state index contributed by atoms with van der Waals surface area (Å²) in [5, 5.41) is 4.10. The monoisotopic (exact) mass is 510 g/mol. The third-order valence-electron chi connectivity index (χ3n) is 5.28. The van der Waals surface area contributed by atoms with Crippen LogP contribution in [0.1, 0.15) is 57.2 Å². The molecule has 1 aromatic heterocycles. The molecule has 3 amide bonds. The Labute approximate surface area is 205 Å². The lowest BCUT2D eigenvalue weighted by Gasteiger charge is -2.35. The minimum atomic E-state index is -4.93. The van der Waals surface area contributed by atoms with E-state index in [-0.39, 0.29) is 12.2 Å². The number of amides is 3. The highest BCUT2D eigenvalue weighted by atomic mass is 19.4. The molecule has 194 valence electrons. The smallest absolute Gasteiger partial charge is 0.420 e. The number of likely N-dealkylation sites (tertiary alicyclic amines) is 1. The average Bonchev–Trinajstić information content (AvgIpc) is 2.78. The Morgan fingerprint density at radius 1 is 1.06 bits per heavy atom. The summed E-state index contributed by atoms with van der Waals surface area (Å²) in [6.07, 6.45) is -3.19. The number of hydrogen-bond acceptors (Lipinski definition) is 5. The molecule has 1 aliphatic rings. The maximum atomic E-state index is 13.6. The summed E-state index contributed by atoms with van der Waals surface area (Å²) in [5.41, 5.74) is -2.01. The Bertz CT molecular complexity index is 1130. The summed E-state index contributed by atoms with van der Waals surface area (Å²) in [7, 11) is 0. The Balaban J connectivity index is 1.78. The number of nitrogens with zero attached hydrogens (tertiary/aromatic N) is 2. The molecule has 2 N–H and O–H groups in total. The Morgan fingerprint density at radius 2 is 1.72 bits per heavy atom. The van der Waals surface area contributed by atoms with Crippen molar-refractivity contribution >= 4 is 29.4 Å². The van der Waals surface area contributed by atoms with Crippen LogP contribution in [0.2, 0.25) is 0 Å². The van der Waals surface area contributed by atoms with Gasteiger partial charge in [0.2, 0.25) is 0 Å². The predicted molar refractivity (Wildman–Crippen MR) is 122 cm³/mol. The topological polar surface area (TPSA) is 101 Å². The quantitative estimate of drug-likeness (QED) is 0.432. The predicted octanol–water partition coefficient (Wildman–Crippen LogP) is 5.28. The minimum Gasteiger partial charge on any atom is -0.444 e. The average molecular weight is 510 g/mol. The van der Waals surface area contributed by atoms with Gasteiger partial charge in [-0.3, -0.25) is 14.9 Å². The summed E-state index contributed by atoms with van der Waals surface area (Å²) < 4.78 is 59.1. The Kier molecular flexibility index (Phi) is 7.85. The van der Waals surface area contributed by atoms with E-state index in [9.17, 15) is 31.9 Å². The molecule has 1 atom stereocenters. The number of pyridine rings is 1. The van der Waals surface area contributed by atoms with Crippen molar-refractivity contribution in [3.8, 4) is 0 Å². The number of carbonyl (C=O) groups excluding carboxylic acids is 3. The first-order valence-corrected chi connectivity index (χ1v) is 11.2. The van der Waals surface area contributed by atoms with E-state index in [4.69, 9.17) is 4.74 Å². The normalized spacial score (nSPS) is 16.3. The molecule has 1 saturated heterocycles. The summed E-state index contributed by atoms with van der Waals surface area (Å²) in [6.45, 7) is 4.90. The van der Waals surface area contributed by atoms with Crippen molar-refractivity contribution in [2.45, 2.75) is 57.9 Å². The highest BCUT2D eigenvalue weighted by molar-refractivity contribution is 6.39. The maximum absolute atomic E-state index is 13.6. The van der Waals surface area contributed by atoms with Crippen LogP contribution in [0.3, 0.4) is 0 Å². The van der Waals surface area contributed by atoms with E-state index in [2.05, 4.69) is 10.3 Å². The molecular formula is C24H26F4N4O4. The molecule has 1 aromatic carbocycles. The molecule has 2 aromatic rings. The van der Waals surface area contributed by atoms with E-state index in [1.54, 1.807) is 20.8 Å². The lowest BCUT2D eigenvalue weighted by Crippen LogP contribution is -2.44. The molecule has 0 saturated carbocycles. The fourth-order valence-corrected chi connectivity index (χ4v) is 3.77. The molecule has 0 radical (unpaired) electrons. The van der Waals surface area contributed by atoms with E-state index < -0.39 is 52.9 Å². The van der Waals surface area contributed by atoms with E-state index in [1.807, 2.05) is 5.32 Å². The van der Waals surface area contributed by atoms with Crippen molar-refractivity contribution < 1.29 is 36.7 Å². The van der Waals surface area contributed by atoms with Gasteiger partial charge in [-0.1, -0.05) is 12.1 Å². The molecule has 36 heavy (non-hydrogen) atoms. The molecule has 1 aliphatic heterocycles. The zero-order valence-electron chi connectivity index (χ0n) is 19.9. The lowest BCUT2D eigenvalue weighted by atomic mass is 9.95. The van der Waals surface area contributed by atoms with Gasteiger partial charge < -0.3 is 15.0 Å². The molecule has 12 heteroatoms. The van der Waals surface area contributed by atoms with Crippen LogP contribution in [0.25, 0.3) is 0 Å². The number of anilines is 2. The fraction of sp³-hybridized carbons (Fsp3) is 0.417. The molecular weight excluding hydrogens is 484 g/mol. The van der Waals surface area contributed by atoms with Gasteiger partial charge in [-0.05, 0) is 63.8 Å². The summed E-state index contributed by atoms with van der Waals surface area (Å²) in [5.74, 6) is -3.34. The van der Waals surface area contributed by atoms with Crippen LogP contribution in [0.5, 0.6) is 0 Å². The van der Waals surface area contributed by atoms with Gasteiger partial charge in [0, 0.05) is 6.54 Å². The zero-order valence-corrected chi connectivity index (χ0v) is 19.9. The molecule has 0 unspecified atom stereocenters. The van der Waals surface area contributed by atoms with Crippen LogP contribution in [-0.4, -0.2) is 39.9 Å². The second kappa shape index (κ2) is 10.5. The van der Waals surface area contributed by atoms with Crippen LogP contribution in [0, 0.1) is 5.82 Å². The highest BCUT2D eigenvalue weighted by Crippen LogP contribution is 2.36. The molecule has 8 nitrogen and oxygen atoms in total. The second-order valence-corrected chi connectivity index (χ2v) is 9.26. The van der Waals surface area contributed by atoms with Crippen LogP contribution < -0.4 is 10.6 Å². The summed E-state index contributed by atoms with van der Waals surface area (Å²) >= 11 is 0. The summed E-state index contributed by atoms with van der Waals surface area (Å²) in [6, 6.07) is 5.66. The van der Waals surface area contributed by atoms with E-state index >= 15 is 0 Å². The molecule has 0 aliphatic carbocycles. The Hall–Kier alpha value is -3.70.